The number of esters is 1. The summed E-state index contributed by atoms with van der Waals surface area (Å²) >= 11 is 0. The van der Waals surface area contributed by atoms with Gasteiger partial charge in [0.25, 0.3) is 0 Å². The summed E-state index contributed by atoms with van der Waals surface area (Å²) in [6.45, 7) is 2.99. The first-order valence-corrected chi connectivity index (χ1v) is 5.81. The highest BCUT2D eigenvalue weighted by Gasteiger charge is 2.23. The molecule has 0 saturated heterocycles. The first-order valence-electron chi connectivity index (χ1n) is 5.81. The van der Waals surface area contributed by atoms with E-state index in [1.807, 2.05) is 31.0 Å². The molecule has 0 spiro atoms. The van der Waals surface area contributed by atoms with Crippen LogP contribution in [0.3, 0.4) is 0 Å². The Hall–Kier alpha value is -2.17. The number of anilines is 1. The predicted molar refractivity (Wildman–Crippen MR) is 67.8 cm³/mol. The zero-order valence-electron chi connectivity index (χ0n) is 10.3. The molecule has 1 aliphatic rings. The number of carbonyl (C=O) groups excluding carboxylic acids is 1. The summed E-state index contributed by atoms with van der Waals surface area (Å²) in [4.78, 5) is 22.5. The van der Waals surface area contributed by atoms with Gasteiger partial charge >= 0.3 is 5.97 Å². The lowest BCUT2D eigenvalue weighted by molar-refractivity contribution is 0.0526. The van der Waals surface area contributed by atoms with E-state index in [-0.39, 0.29) is 5.97 Å². The van der Waals surface area contributed by atoms with Crippen molar-refractivity contribution in [2.75, 3.05) is 25.1 Å². The Morgan fingerprint density at radius 1 is 1.39 bits per heavy atom. The number of nitrogens with zero attached hydrogens (tertiary/aromatic N) is 3. The minimum Gasteiger partial charge on any atom is -0.460 e. The average molecular weight is 243 g/mol. The van der Waals surface area contributed by atoms with Gasteiger partial charge in [0.2, 0.25) is 0 Å². The maximum Gasteiger partial charge on any atom is 0.341 e. The Morgan fingerprint density at radius 3 is 3.06 bits per heavy atom. The molecule has 5 nitrogen and oxygen atoms in total. The van der Waals surface area contributed by atoms with Gasteiger partial charge in [0, 0.05) is 24.3 Å². The van der Waals surface area contributed by atoms with Crippen molar-refractivity contribution in [3.05, 3.63) is 29.6 Å². The van der Waals surface area contributed by atoms with Crippen molar-refractivity contribution in [2.24, 2.45) is 0 Å². The number of ether oxygens (including phenoxy) is 1. The van der Waals surface area contributed by atoms with Gasteiger partial charge in [0.15, 0.2) is 5.65 Å². The molecule has 0 bridgehead atoms. The lowest BCUT2D eigenvalue weighted by Gasteiger charge is -2.18. The van der Waals surface area contributed by atoms with Gasteiger partial charge in [0.1, 0.15) is 12.2 Å². The molecule has 18 heavy (non-hydrogen) atoms. The number of cyclic esters (lactones) is 1. The van der Waals surface area contributed by atoms with Crippen LogP contribution in [0.2, 0.25) is 0 Å². The topological polar surface area (TPSA) is 55.3 Å². The summed E-state index contributed by atoms with van der Waals surface area (Å²) in [7, 11) is 1.94. The third-order valence-electron chi connectivity index (χ3n) is 3.10. The van der Waals surface area contributed by atoms with Crippen LogP contribution in [0.4, 0.5) is 5.69 Å². The highest BCUT2D eigenvalue weighted by molar-refractivity contribution is 6.04. The van der Waals surface area contributed by atoms with Gasteiger partial charge in [-0.1, -0.05) is 0 Å². The Balaban J connectivity index is 2.35. The van der Waals surface area contributed by atoms with E-state index in [0.717, 1.165) is 16.8 Å². The van der Waals surface area contributed by atoms with E-state index >= 15 is 0 Å². The van der Waals surface area contributed by atoms with E-state index in [1.165, 1.54) is 0 Å². The third-order valence-corrected chi connectivity index (χ3v) is 3.10. The Kier molecular flexibility index (Phi) is 2.40. The van der Waals surface area contributed by atoms with Gasteiger partial charge in [-0.15, -0.1) is 0 Å². The number of aromatic nitrogens is 2. The number of fused-ring (bicyclic) bond motifs is 3. The van der Waals surface area contributed by atoms with Crippen molar-refractivity contribution in [3.8, 4) is 0 Å². The van der Waals surface area contributed by atoms with Crippen molar-refractivity contribution in [2.45, 2.75) is 6.92 Å². The van der Waals surface area contributed by atoms with Gasteiger partial charge in [-0.2, -0.15) is 0 Å². The predicted octanol–water partition coefficient (Wildman–Crippen LogP) is 1.54. The molecule has 3 rings (SSSR count). The SMILES string of the molecule is Cc1ccc2c3c(cnc2n1)C(=O)OCCN3C. The summed E-state index contributed by atoms with van der Waals surface area (Å²) in [5, 5.41) is 0.888. The highest BCUT2D eigenvalue weighted by atomic mass is 16.5. The molecule has 2 aromatic heterocycles. The number of hydrogen-bond acceptors (Lipinski definition) is 5. The van der Waals surface area contributed by atoms with Crippen LogP contribution in [0, 0.1) is 6.92 Å². The molecule has 0 amide bonds. The summed E-state index contributed by atoms with van der Waals surface area (Å²) in [5.41, 5.74) is 2.94. The molecule has 0 N–H and O–H groups in total. The van der Waals surface area contributed by atoms with Crippen LogP contribution >= 0.6 is 0 Å². The number of rotatable bonds is 0. The standard InChI is InChI=1S/C13H13N3O2/c1-8-3-4-9-11-10(7-14-12(9)15-8)13(17)18-6-5-16(11)2/h3-4,7H,5-6H2,1-2H3. The zero-order chi connectivity index (χ0) is 12.7. The lowest BCUT2D eigenvalue weighted by Crippen LogP contribution is -2.21. The quantitative estimate of drug-likeness (QED) is 0.657. The molecule has 0 atom stereocenters. The molecule has 3 heterocycles. The van der Waals surface area contributed by atoms with Crippen LogP contribution in [0.1, 0.15) is 16.1 Å². The second-order valence-electron chi connectivity index (χ2n) is 4.40. The molecular weight excluding hydrogens is 230 g/mol. The van der Waals surface area contributed by atoms with Crippen molar-refractivity contribution in [3.63, 3.8) is 0 Å². The molecule has 92 valence electrons. The fourth-order valence-corrected chi connectivity index (χ4v) is 2.18. The molecule has 0 unspecified atom stereocenters. The van der Waals surface area contributed by atoms with E-state index in [2.05, 4.69) is 9.97 Å². The summed E-state index contributed by atoms with van der Waals surface area (Å²) in [5.74, 6) is -0.315. The lowest BCUT2D eigenvalue weighted by atomic mass is 10.1. The van der Waals surface area contributed by atoms with Gasteiger partial charge in [-0.3, -0.25) is 0 Å². The molecule has 0 saturated carbocycles. The van der Waals surface area contributed by atoms with Crippen LogP contribution in [-0.4, -0.2) is 36.1 Å². The minimum absolute atomic E-state index is 0.315. The van der Waals surface area contributed by atoms with Crippen molar-refractivity contribution < 1.29 is 9.53 Å². The van der Waals surface area contributed by atoms with E-state index in [4.69, 9.17) is 4.74 Å². The Morgan fingerprint density at radius 2 is 2.22 bits per heavy atom. The van der Waals surface area contributed by atoms with Gasteiger partial charge in [-0.05, 0) is 19.1 Å². The third kappa shape index (κ3) is 1.59. The minimum atomic E-state index is -0.315. The monoisotopic (exact) mass is 243 g/mol. The van der Waals surface area contributed by atoms with Gasteiger partial charge in [-0.25, -0.2) is 14.8 Å². The van der Waals surface area contributed by atoms with Crippen LogP contribution in [0.15, 0.2) is 18.3 Å². The smallest absolute Gasteiger partial charge is 0.341 e. The summed E-state index contributed by atoms with van der Waals surface area (Å²) in [6, 6.07) is 3.88. The maximum absolute atomic E-state index is 11.9. The number of likely N-dealkylation sites (N-methyl/N-ethyl adjacent to an activating group) is 1. The molecule has 0 aliphatic carbocycles. The van der Waals surface area contributed by atoms with Crippen molar-refractivity contribution in [1.82, 2.24) is 9.97 Å². The summed E-state index contributed by atoms with van der Waals surface area (Å²) in [6.07, 6.45) is 1.55. The van der Waals surface area contributed by atoms with E-state index in [0.29, 0.717) is 24.4 Å². The largest absolute Gasteiger partial charge is 0.460 e. The van der Waals surface area contributed by atoms with Crippen molar-refractivity contribution in [1.29, 1.82) is 0 Å². The average Bonchev–Trinajstić information content (AvgIpc) is 2.49. The number of hydrogen-bond donors (Lipinski definition) is 0. The molecular formula is C13H13N3O2. The first kappa shape index (κ1) is 11.0. The van der Waals surface area contributed by atoms with E-state index in [9.17, 15) is 4.79 Å². The normalized spacial score (nSPS) is 15.2. The van der Waals surface area contributed by atoms with Crippen LogP contribution in [0.5, 0.6) is 0 Å². The molecule has 2 aromatic rings. The van der Waals surface area contributed by atoms with Gasteiger partial charge in [0.05, 0.1) is 12.2 Å². The first-order chi connectivity index (χ1) is 8.66. The number of aryl methyl sites for hydroxylation is 1. The molecule has 0 aromatic carbocycles. The fourth-order valence-electron chi connectivity index (χ4n) is 2.18. The molecule has 1 aliphatic heterocycles. The van der Waals surface area contributed by atoms with E-state index in [1.54, 1.807) is 6.20 Å². The second kappa shape index (κ2) is 3.94. The number of carbonyl (C=O) groups is 1. The van der Waals surface area contributed by atoms with Crippen LogP contribution in [-0.2, 0) is 4.74 Å². The molecule has 5 heteroatoms. The maximum atomic E-state index is 11.9. The molecule has 0 radical (unpaired) electrons. The second-order valence-corrected chi connectivity index (χ2v) is 4.40. The zero-order valence-corrected chi connectivity index (χ0v) is 10.3. The highest BCUT2D eigenvalue weighted by Crippen LogP contribution is 2.30. The van der Waals surface area contributed by atoms with Crippen LogP contribution < -0.4 is 4.90 Å². The Bertz CT molecular complexity index is 639. The van der Waals surface area contributed by atoms with Gasteiger partial charge < -0.3 is 9.64 Å². The van der Waals surface area contributed by atoms with E-state index < -0.39 is 0 Å². The number of pyridine rings is 2. The fraction of sp³-hybridized carbons (Fsp3) is 0.308. The Labute approximate surface area is 104 Å². The summed E-state index contributed by atoms with van der Waals surface area (Å²) < 4.78 is 5.13. The van der Waals surface area contributed by atoms with Crippen molar-refractivity contribution >= 4 is 22.7 Å². The van der Waals surface area contributed by atoms with Crippen LogP contribution in [0.25, 0.3) is 11.0 Å². The molecule has 0 fully saturated rings.